The number of aromatic nitrogens is 2. The molecule has 23 heavy (non-hydrogen) atoms. The summed E-state index contributed by atoms with van der Waals surface area (Å²) < 4.78 is 31.6. The van der Waals surface area contributed by atoms with Crippen LogP contribution in [0.2, 0.25) is 0 Å². The molecule has 0 N–H and O–H groups in total. The number of hydrogen-bond acceptors (Lipinski definition) is 5. The predicted octanol–water partition coefficient (Wildman–Crippen LogP) is 3.04. The highest BCUT2D eigenvalue weighted by atomic mass is 32.2. The van der Waals surface area contributed by atoms with Crippen LogP contribution >= 0.6 is 0 Å². The standard InChI is InChI=1S/C16H27N3O3S/c1-2-3-12-23(20,21)19-10-8-14(9-11-19)16-17-15(18-22-16)13-6-4-5-7-13/h13-14H,2-12H2,1H3. The molecule has 0 radical (unpaired) electrons. The Hall–Kier alpha value is -0.950. The number of rotatable bonds is 6. The van der Waals surface area contributed by atoms with Gasteiger partial charge >= 0.3 is 0 Å². The minimum Gasteiger partial charge on any atom is -0.339 e. The molecule has 2 aliphatic rings. The fourth-order valence-electron chi connectivity index (χ4n) is 3.60. The summed E-state index contributed by atoms with van der Waals surface area (Å²) in [4.78, 5) is 4.61. The van der Waals surface area contributed by atoms with Crippen molar-refractivity contribution in [3.05, 3.63) is 11.7 Å². The Morgan fingerprint density at radius 2 is 1.83 bits per heavy atom. The quantitative estimate of drug-likeness (QED) is 0.795. The highest BCUT2D eigenvalue weighted by molar-refractivity contribution is 7.89. The van der Waals surface area contributed by atoms with Crippen LogP contribution in [0.4, 0.5) is 0 Å². The van der Waals surface area contributed by atoms with E-state index >= 15 is 0 Å². The topological polar surface area (TPSA) is 76.3 Å². The Balaban J connectivity index is 1.56. The molecule has 0 atom stereocenters. The summed E-state index contributed by atoms with van der Waals surface area (Å²) in [5, 5.41) is 4.16. The van der Waals surface area contributed by atoms with E-state index in [1.807, 2.05) is 6.92 Å². The number of nitrogens with zero attached hydrogens (tertiary/aromatic N) is 3. The zero-order valence-corrected chi connectivity index (χ0v) is 14.7. The van der Waals surface area contributed by atoms with Gasteiger partial charge in [-0.2, -0.15) is 4.98 Å². The van der Waals surface area contributed by atoms with Crippen LogP contribution in [0.15, 0.2) is 4.52 Å². The first kappa shape index (κ1) is 16.9. The van der Waals surface area contributed by atoms with Gasteiger partial charge in [0, 0.05) is 24.9 Å². The molecule has 0 amide bonds. The van der Waals surface area contributed by atoms with Gasteiger partial charge in [-0.15, -0.1) is 0 Å². The third-order valence-electron chi connectivity index (χ3n) is 5.13. The molecule has 1 aromatic rings. The van der Waals surface area contributed by atoms with Crippen molar-refractivity contribution in [2.45, 2.75) is 70.1 Å². The van der Waals surface area contributed by atoms with E-state index in [9.17, 15) is 8.42 Å². The van der Waals surface area contributed by atoms with Gasteiger partial charge in [-0.25, -0.2) is 12.7 Å². The van der Waals surface area contributed by atoms with Crippen LogP contribution in [-0.2, 0) is 10.0 Å². The van der Waals surface area contributed by atoms with E-state index in [4.69, 9.17) is 4.52 Å². The highest BCUT2D eigenvalue weighted by Gasteiger charge is 2.31. The van der Waals surface area contributed by atoms with Crippen LogP contribution in [0.1, 0.15) is 81.8 Å². The first-order valence-electron chi connectivity index (χ1n) is 8.91. The van der Waals surface area contributed by atoms with Crippen molar-refractivity contribution in [2.75, 3.05) is 18.8 Å². The summed E-state index contributed by atoms with van der Waals surface area (Å²) in [7, 11) is -3.09. The Kier molecular flexibility index (Phi) is 5.36. The van der Waals surface area contributed by atoms with Gasteiger partial charge in [-0.1, -0.05) is 31.3 Å². The Morgan fingerprint density at radius 1 is 1.13 bits per heavy atom. The van der Waals surface area contributed by atoms with Crippen molar-refractivity contribution in [3.8, 4) is 0 Å². The van der Waals surface area contributed by atoms with Gasteiger partial charge in [-0.3, -0.25) is 0 Å². The number of piperidine rings is 1. The molecule has 130 valence electrons. The summed E-state index contributed by atoms with van der Waals surface area (Å²) in [5.41, 5.74) is 0. The van der Waals surface area contributed by atoms with Gasteiger partial charge in [0.1, 0.15) is 0 Å². The van der Waals surface area contributed by atoms with E-state index in [0.29, 0.717) is 24.9 Å². The van der Waals surface area contributed by atoms with Crippen molar-refractivity contribution < 1.29 is 12.9 Å². The first-order valence-corrected chi connectivity index (χ1v) is 10.5. The van der Waals surface area contributed by atoms with Crippen LogP contribution < -0.4 is 0 Å². The Morgan fingerprint density at radius 3 is 2.48 bits per heavy atom. The minimum atomic E-state index is -3.09. The fraction of sp³-hybridized carbons (Fsp3) is 0.875. The summed E-state index contributed by atoms with van der Waals surface area (Å²) in [6.07, 6.45) is 8.01. The van der Waals surface area contributed by atoms with Crippen molar-refractivity contribution in [1.29, 1.82) is 0 Å². The Labute approximate surface area is 138 Å². The van der Waals surface area contributed by atoms with E-state index in [-0.39, 0.29) is 11.7 Å². The maximum Gasteiger partial charge on any atom is 0.229 e. The lowest BCUT2D eigenvalue weighted by Crippen LogP contribution is -2.39. The van der Waals surface area contributed by atoms with Gasteiger partial charge in [0.2, 0.25) is 15.9 Å². The lowest BCUT2D eigenvalue weighted by molar-refractivity contribution is 0.269. The summed E-state index contributed by atoms with van der Waals surface area (Å²) in [6, 6.07) is 0. The van der Waals surface area contributed by atoms with Crippen LogP contribution in [0.3, 0.4) is 0 Å². The van der Waals surface area contributed by atoms with Gasteiger partial charge in [-0.05, 0) is 32.1 Å². The smallest absolute Gasteiger partial charge is 0.229 e. The van der Waals surface area contributed by atoms with Crippen molar-refractivity contribution in [1.82, 2.24) is 14.4 Å². The molecular formula is C16H27N3O3S. The van der Waals surface area contributed by atoms with Gasteiger partial charge < -0.3 is 4.52 Å². The normalized spacial score (nSPS) is 22.0. The van der Waals surface area contributed by atoms with E-state index in [1.165, 1.54) is 12.8 Å². The largest absolute Gasteiger partial charge is 0.339 e. The molecule has 7 heteroatoms. The van der Waals surface area contributed by atoms with E-state index in [2.05, 4.69) is 10.1 Å². The molecule has 3 rings (SSSR count). The lowest BCUT2D eigenvalue weighted by atomic mass is 9.98. The SMILES string of the molecule is CCCCS(=O)(=O)N1CCC(c2nc(C3CCCC3)no2)CC1. The second-order valence-corrected chi connectivity index (χ2v) is 8.90. The van der Waals surface area contributed by atoms with Crippen LogP contribution in [0.5, 0.6) is 0 Å². The van der Waals surface area contributed by atoms with Gasteiger partial charge in [0.25, 0.3) is 0 Å². The molecule has 0 spiro atoms. The maximum absolute atomic E-state index is 12.2. The number of unbranched alkanes of at least 4 members (excludes halogenated alkanes) is 1. The highest BCUT2D eigenvalue weighted by Crippen LogP contribution is 2.34. The summed E-state index contributed by atoms with van der Waals surface area (Å²) in [6.45, 7) is 3.15. The molecule has 0 aromatic carbocycles. The molecule has 1 aliphatic carbocycles. The van der Waals surface area contributed by atoms with Crippen LogP contribution in [-0.4, -0.2) is 41.7 Å². The van der Waals surface area contributed by atoms with E-state index < -0.39 is 10.0 Å². The number of sulfonamides is 1. The summed E-state index contributed by atoms with van der Waals surface area (Å²) in [5.74, 6) is 2.49. The van der Waals surface area contributed by atoms with Crippen molar-refractivity contribution >= 4 is 10.0 Å². The van der Waals surface area contributed by atoms with Crippen LogP contribution in [0, 0.1) is 0 Å². The third-order valence-corrected chi connectivity index (χ3v) is 7.09. The molecule has 1 saturated heterocycles. The molecule has 0 bridgehead atoms. The second-order valence-electron chi connectivity index (χ2n) is 6.82. The van der Waals surface area contributed by atoms with Crippen molar-refractivity contribution in [3.63, 3.8) is 0 Å². The zero-order chi connectivity index (χ0) is 16.3. The predicted molar refractivity (Wildman–Crippen MR) is 87.7 cm³/mol. The van der Waals surface area contributed by atoms with Gasteiger partial charge in [0.05, 0.1) is 5.75 Å². The van der Waals surface area contributed by atoms with Gasteiger partial charge in [0.15, 0.2) is 5.82 Å². The van der Waals surface area contributed by atoms with Crippen molar-refractivity contribution in [2.24, 2.45) is 0 Å². The molecule has 6 nitrogen and oxygen atoms in total. The first-order chi connectivity index (χ1) is 11.1. The molecule has 2 fully saturated rings. The maximum atomic E-state index is 12.2. The number of hydrogen-bond donors (Lipinski definition) is 0. The molecule has 2 heterocycles. The minimum absolute atomic E-state index is 0.204. The van der Waals surface area contributed by atoms with E-state index in [0.717, 1.165) is 44.3 Å². The lowest BCUT2D eigenvalue weighted by Gasteiger charge is -2.29. The van der Waals surface area contributed by atoms with E-state index in [1.54, 1.807) is 4.31 Å². The average Bonchev–Trinajstić information content (AvgIpc) is 3.24. The molecule has 1 aromatic heterocycles. The van der Waals surface area contributed by atoms with Crippen LogP contribution in [0.25, 0.3) is 0 Å². The fourth-order valence-corrected chi connectivity index (χ4v) is 5.28. The molecule has 0 unspecified atom stereocenters. The summed E-state index contributed by atoms with van der Waals surface area (Å²) >= 11 is 0. The zero-order valence-electron chi connectivity index (χ0n) is 13.9. The molecular weight excluding hydrogens is 314 g/mol. The molecule has 1 saturated carbocycles. The average molecular weight is 341 g/mol. The molecule has 1 aliphatic heterocycles. The monoisotopic (exact) mass is 341 g/mol. The Bertz CT molecular complexity index is 600. The second kappa shape index (κ2) is 7.30. The third kappa shape index (κ3) is 3.94.